The third-order valence-electron chi connectivity index (χ3n) is 2.23. The highest BCUT2D eigenvalue weighted by Gasteiger charge is 2.35. The van der Waals surface area contributed by atoms with E-state index in [1.807, 2.05) is 11.6 Å². The van der Waals surface area contributed by atoms with Gasteiger partial charge >= 0.3 is 0 Å². The number of hydrogen-bond donors (Lipinski definition) is 0. The maximum atomic E-state index is 9.12. The van der Waals surface area contributed by atoms with Gasteiger partial charge in [0.2, 0.25) is 0 Å². The topological polar surface area (TPSA) is 36.7 Å². The van der Waals surface area contributed by atoms with E-state index in [0.29, 0.717) is 0 Å². The summed E-state index contributed by atoms with van der Waals surface area (Å²) in [4.78, 5) is 4.23. The van der Waals surface area contributed by atoms with Gasteiger partial charge in [-0.15, -0.1) is 23.1 Å². The molecule has 0 aromatic carbocycles. The Morgan fingerprint density at radius 1 is 1.69 bits per heavy atom. The van der Waals surface area contributed by atoms with Crippen LogP contribution >= 0.6 is 23.1 Å². The lowest BCUT2D eigenvalue weighted by Gasteiger charge is -2.16. The molecule has 1 aliphatic rings. The van der Waals surface area contributed by atoms with Gasteiger partial charge in [0.25, 0.3) is 0 Å². The zero-order chi connectivity index (χ0) is 9.15. The maximum Gasteiger partial charge on any atom is 0.109 e. The van der Waals surface area contributed by atoms with E-state index in [0.717, 1.165) is 23.6 Å². The standard InChI is InChI=1S/C9H10N2S2/c10-7-9(2-1-4-13-9)6-8-11-3-5-12-8/h3,5H,1-2,4,6H2. The molecule has 0 radical (unpaired) electrons. The van der Waals surface area contributed by atoms with Crippen LogP contribution in [0.1, 0.15) is 17.8 Å². The number of rotatable bonds is 2. The molecule has 1 saturated heterocycles. The molecule has 2 nitrogen and oxygen atoms in total. The van der Waals surface area contributed by atoms with Gasteiger partial charge in [0.15, 0.2) is 0 Å². The quantitative estimate of drug-likeness (QED) is 0.752. The third-order valence-corrected chi connectivity index (χ3v) is 4.49. The Morgan fingerprint density at radius 3 is 3.15 bits per heavy atom. The summed E-state index contributed by atoms with van der Waals surface area (Å²) < 4.78 is -0.169. The molecule has 68 valence electrons. The van der Waals surface area contributed by atoms with E-state index in [9.17, 15) is 0 Å². The molecule has 1 aromatic heterocycles. The van der Waals surface area contributed by atoms with Crippen molar-refractivity contribution in [1.29, 1.82) is 5.26 Å². The highest BCUT2D eigenvalue weighted by atomic mass is 32.2. The second kappa shape index (κ2) is 3.69. The van der Waals surface area contributed by atoms with Crippen LogP contribution in [-0.4, -0.2) is 15.5 Å². The van der Waals surface area contributed by atoms with Crippen LogP contribution in [0.15, 0.2) is 11.6 Å². The van der Waals surface area contributed by atoms with Gasteiger partial charge in [-0.2, -0.15) is 5.26 Å². The van der Waals surface area contributed by atoms with Crippen molar-refractivity contribution >= 4 is 23.1 Å². The van der Waals surface area contributed by atoms with Crippen LogP contribution in [0.25, 0.3) is 0 Å². The second-order valence-corrected chi connectivity index (χ2v) is 5.62. The number of thiazole rings is 1. The Balaban J connectivity index is 2.11. The molecule has 0 N–H and O–H groups in total. The largest absolute Gasteiger partial charge is 0.250 e. The van der Waals surface area contributed by atoms with Crippen LogP contribution in [0, 0.1) is 11.3 Å². The highest BCUT2D eigenvalue weighted by Crippen LogP contribution is 2.40. The van der Waals surface area contributed by atoms with Crippen molar-refractivity contribution in [3.8, 4) is 6.07 Å². The molecule has 13 heavy (non-hydrogen) atoms. The summed E-state index contributed by atoms with van der Waals surface area (Å²) in [6, 6.07) is 2.45. The van der Waals surface area contributed by atoms with Gasteiger partial charge in [0.1, 0.15) is 4.75 Å². The van der Waals surface area contributed by atoms with Crippen molar-refractivity contribution in [3.05, 3.63) is 16.6 Å². The predicted molar refractivity (Wildman–Crippen MR) is 55.9 cm³/mol. The highest BCUT2D eigenvalue weighted by molar-refractivity contribution is 8.01. The van der Waals surface area contributed by atoms with E-state index in [1.54, 1.807) is 23.1 Å². The summed E-state index contributed by atoms with van der Waals surface area (Å²) in [5.41, 5.74) is 0. The number of nitrogens with zero attached hydrogens (tertiary/aromatic N) is 2. The van der Waals surface area contributed by atoms with Crippen molar-refractivity contribution in [2.45, 2.75) is 24.0 Å². The summed E-state index contributed by atoms with van der Waals surface area (Å²) in [5, 5.41) is 12.2. The van der Waals surface area contributed by atoms with E-state index in [-0.39, 0.29) is 4.75 Å². The minimum Gasteiger partial charge on any atom is -0.250 e. The average molecular weight is 210 g/mol. The molecule has 2 rings (SSSR count). The molecule has 1 unspecified atom stereocenters. The van der Waals surface area contributed by atoms with E-state index in [4.69, 9.17) is 5.26 Å². The first kappa shape index (κ1) is 9.04. The third kappa shape index (κ3) is 1.87. The van der Waals surface area contributed by atoms with Crippen LogP contribution in [-0.2, 0) is 6.42 Å². The Labute approximate surface area is 86.0 Å². The van der Waals surface area contributed by atoms with Crippen molar-refractivity contribution < 1.29 is 0 Å². The van der Waals surface area contributed by atoms with E-state index in [1.165, 1.54) is 6.42 Å². The lowest BCUT2D eigenvalue weighted by atomic mass is 10.0. The van der Waals surface area contributed by atoms with E-state index < -0.39 is 0 Å². The minimum atomic E-state index is -0.169. The molecule has 4 heteroatoms. The predicted octanol–water partition coefficient (Wildman–Crippen LogP) is 2.47. The van der Waals surface area contributed by atoms with Gasteiger partial charge in [-0.05, 0) is 18.6 Å². The fourth-order valence-corrected chi connectivity index (χ4v) is 3.64. The van der Waals surface area contributed by atoms with Crippen LogP contribution < -0.4 is 0 Å². The van der Waals surface area contributed by atoms with Gasteiger partial charge in [0.05, 0.1) is 11.1 Å². The maximum absolute atomic E-state index is 9.12. The molecule has 0 amide bonds. The molecular formula is C9H10N2S2. The number of aromatic nitrogens is 1. The summed E-state index contributed by atoms with van der Waals surface area (Å²) in [6.45, 7) is 0. The Bertz CT molecular complexity index is 307. The molecule has 2 heterocycles. The van der Waals surface area contributed by atoms with Crippen molar-refractivity contribution in [2.24, 2.45) is 0 Å². The molecule has 0 bridgehead atoms. The average Bonchev–Trinajstić information content (AvgIpc) is 2.77. The molecule has 0 spiro atoms. The number of thioether (sulfide) groups is 1. The van der Waals surface area contributed by atoms with E-state index in [2.05, 4.69) is 11.1 Å². The first-order chi connectivity index (χ1) is 6.35. The van der Waals surface area contributed by atoms with Crippen molar-refractivity contribution in [2.75, 3.05) is 5.75 Å². The summed E-state index contributed by atoms with van der Waals surface area (Å²) >= 11 is 3.44. The number of nitriles is 1. The van der Waals surface area contributed by atoms with E-state index >= 15 is 0 Å². The molecule has 0 aliphatic carbocycles. The van der Waals surface area contributed by atoms with Crippen molar-refractivity contribution in [3.63, 3.8) is 0 Å². The lowest BCUT2D eigenvalue weighted by Crippen LogP contribution is -2.21. The first-order valence-corrected chi connectivity index (χ1v) is 6.15. The molecular weight excluding hydrogens is 200 g/mol. The fraction of sp³-hybridized carbons (Fsp3) is 0.556. The van der Waals surface area contributed by atoms with Gasteiger partial charge < -0.3 is 0 Å². The van der Waals surface area contributed by atoms with Crippen LogP contribution in [0.4, 0.5) is 0 Å². The smallest absolute Gasteiger partial charge is 0.109 e. The fourth-order valence-electron chi connectivity index (χ4n) is 1.55. The van der Waals surface area contributed by atoms with Gasteiger partial charge in [-0.25, -0.2) is 4.98 Å². The Hall–Kier alpha value is -0.530. The molecule has 1 aliphatic heterocycles. The summed E-state index contributed by atoms with van der Waals surface area (Å²) in [6.07, 6.45) is 4.83. The number of hydrogen-bond acceptors (Lipinski definition) is 4. The van der Waals surface area contributed by atoms with Gasteiger partial charge in [0, 0.05) is 18.0 Å². The Morgan fingerprint density at radius 2 is 2.62 bits per heavy atom. The summed E-state index contributed by atoms with van der Waals surface area (Å²) in [5.74, 6) is 1.12. The minimum absolute atomic E-state index is 0.169. The zero-order valence-electron chi connectivity index (χ0n) is 7.19. The molecule has 1 atom stereocenters. The van der Waals surface area contributed by atoms with Crippen LogP contribution in [0.5, 0.6) is 0 Å². The van der Waals surface area contributed by atoms with Crippen molar-refractivity contribution in [1.82, 2.24) is 4.98 Å². The summed E-state index contributed by atoms with van der Waals surface area (Å²) in [7, 11) is 0. The lowest BCUT2D eigenvalue weighted by molar-refractivity contribution is 0.670. The first-order valence-electron chi connectivity index (χ1n) is 4.28. The molecule has 1 aromatic rings. The van der Waals surface area contributed by atoms with Crippen LogP contribution in [0.3, 0.4) is 0 Å². The van der Waals surface area contributed by atoms with Gasteiger partial charge in [-0.1, -0.05) is 0 Å². The SMILES string of the molecule is N#CC1(Cc2nccs2)CCCS1. The monoisotopic (exact) mass is 210 g/mol. The second-order valence-electron chi connectivity index (χ2n) is 3.16. The molecule has 1 fully saturated rings. The normalized spacial score (nSPS) is 27.3. The molecule has 0 saturated carbocycles. The van der Waals surface area contributed by atoms with Gasteiger partial charge in [-0.3, -0.25) is 0 Å². The zero-order valence-corrected chi connectivity index (χ0v) is 8.83. The van der Waals surface area contributed by atoms with Crippen LogP contribution in [0.2, 0.25) is 0 Å². The Kier molecular flexibility index (Phi) is 2.56.